The summed E-state index contributed by atoms with van der Waals surface area (Å²) in [5, 5.41) is 10.5. The minimum Gasteiger partial charge on any atom is -0.550 e. The molecule has 0 heterocycles. The molecule has 0 saturated carbocycles. The van der Waals surface area contributed by atoms with E-state index in [9.17, 15) is 14.7 Å². The van der Waals surface area contributed by atoms with E-state index < -0.39 is 24.0 Å². The zero-order chi connectivity index (χ0) is 13.6. The summed E-state index contributed by atoms with van der Waals surface area (Å²) in [4.78, 5) is 22.4. The molecule has 5 nitrogen and oxygen atoms in total. The molecule has 0 aromatic carbocycles. The van der Waals surface area contributed by atoms with Gasteiger partial charge in [-0.3, -0.25) is 4.79 Å². The lowest BCUT2D eigenvalue weighted by molar-refractivity contribution is -0.307. The van der Waals surface area contributed by atoms with E-state index in [1.165, 1.54) is 0 Å². The van der Waals surface area contributed by atoms with E-state index in [0.29, 0.717) is 0 Å². The Morgan fingerprint density at radius 1 is 1.12 bits per heavy atom. The number of rotatable bonds is 8. The molecule has 0 fully saturated rings. The summed E-state index contributed by atoms with van der Waals surface area (Å²) >= 11 is 0. The van der Waals surface area contributed by atoms with Crippen LogP contribution in [-0.2, 0) is 19.1 Å². The van der Waals surface area contributed by atoms with Gasteiger partial charge in [-0.1, -0.05) is 6.92 Å². The Kier molecular flexibility index (Phi) is 6.34. The standard InChI is InChI=1S/C12H22O5/c1-6-12(16-8(2)3,17-9(4)5)10(13)7-11(14)15/h8-9H,6-7H2,1-5H3,(H,14,15)/p-1. The Morgan fingerprint density at radius 2 is 1.53 bits per heavy atom. The van der Waals surface area contributed by atoms with Gasteiger partial charge in [0.1, 0.15) is 0 Å². The molecule has 0 spiro atoms. The van der Waals surface area contributed by atoms with E-state index >= 15 is 0 Å². The Morgan fingerprint density at radius 3 is 1.76 bits per heavy atom. The van der Waals surface area contributed by atoms with Crippen molar-refractivity contribution in [3.63, 3.8) is 0 Å². The monoisotopic (exact) mass is 245 g/mol. The topological polar surface area (TPSA) is 75.7 Å². The molecule has 0 aliphatic carbocycles. The molecule has 17 heavy (non-hydrogen) atoms. The fourth-order valence-electron chi connectivity index (χ4n) is 1.55. The van der Waals surface area contributed by atoms with Crippen LogP contribution in [0.2, 0.25) is 0 Å². The van der Waals surface area contributed by atoms with Gasteiger partial charge in [-0.2, -0.15) is 0 Å². The molecule has 0 radical (unpaired) electrons. The van der Waals surface area contributed by atoms with Gasteiger partial charge in [0.25, 0.3) is 0 Å². The van der Waals surface area contributed by atoms with Gasteiger partial charge in [-0.05, 0) is 27.7 Å². The zero-order valence-corrected chi connectivity index (χ0v) is 11.1. The molecule has 0 aromatic heterocycles. The number of hydrogen-bond donors (Lipinski definition) is 0. The Hall–Kier alpha value is -0.940. The van der Waals surface area contributed by atoms with Gasteiger partial charge in [0, 0.05) is 12.4 Å². The van der Waals surface area contributed by atoms with Gasteiger partial charge in [-0.25, -0.2) is 0 Å². The van der Waals surface area contributed by atoms with E-state index in [1.54, 1.807) is 34.6 Å². The second-order valence-corrected chi connectivity index (χ2v) is 4.41. The normalized spacial score (nSPS) is 12.2. The Balaban J connectivity index is 5.02. The van der Waals surface area contributed by atoms with Crippen LogP contribution in [0.25, 0.3) is 0 Å². The van der Waals surface area contributed by atoms with Gasteiger partial charge >= 0.3 is 0 Å². The highest BCUT2D eigenvalue weighted by Crippen LogP contribution is 2.24. The Bertz CT molecular complexity index is 260. The minimum atomic E-state index is -1.48. The van der Waals surface area contributed by atoms with Crippen molar-refractivity contribution in [2.45, 2.75) is 65.5 Å². The van der Waals surface area contributed by atoms with Crippen LogP contribution < -0.4 is 5.11 Å². The number of Topliss-reactive ketones (excluding diaryl/α,β-unsaturated/α-hetero) is 1. The third-order valence-corrected chi connectivity index (χ3v) is 2.05. The third-order valence-electron chi connectivity index (χ3n) is 2.05. The fourth-order valence-corrected chi connectivity index (χ4v) is 1.55. The summed E-state index contributed by atoms with van der Waals surface area (Å²) < 4.78 is 11.0. The van der Waals surface area contributed by atoms with Crippen molar-refractivity contribution in [3.05, 3.63) is 0 Å². The van der Waals surface area contributed by atoms with E-state index in [2.05, 4.69) is 0 Å². The van der Waals surface area contributed by atoms with Crippen molar-refractivity contribution in [1.29, 1.82) is 0 Å². The molecule has 0 amide bonds. The third kappa shape index (κ3) is 5.28. The van der Waals surface area contributed by atoms with Gasteiger partial charge in [0.2, 0.25) is 5.79 Å². The quantitative estimate of drug-likeness (QED) is 0.463. The van der Waals surface area contributed by atoms with Crippen molar-refractivity contribution in [1.82, 2.24) is 0 Å². The molecule has 5 heteroatoms. The maximum atomic E-state index is 11.9. The van der Waals surface area contributed by atoms with Crippen LogP contribution >= 0.6 is 0 Å². The summed E-state index contributed by atoms with van der Waals surface area (Å²) in [6, 6.07) is 0. The molecule has 0 rings (SSSR count). The van der Waals surface area contributed by atoms with Crippen molar-refractivity contribution in [2.24, 2.45) is 0 Å². The van der Waals surface area contributed by atoms with Crippen molar-refractivity contribution in [3.8, 4) is 0 Å². The van der Waals surface area contributed by atoms with Crippen LogP contribution in [-0.4, -0.2) is 29.7 Å². The highest BCUT2D eigenvalue weighted by atomic mass is 16.7. The molecular weight excluding hydrogens is 224 g/mol. The fraction of sp³-hybridized carbons (Fsp3) is 0.833. The largest absolute Gasteiger partial charge is 0.550 e. The van der Waals surface area contributed by atoms with Crippen LogP contribution in [0.5, 0.6) is 0 Å². The first-order chi connectivity index (χ1) is 7.73. The minimum absolute atomic E-state index is 0.237. The summed E-state index contributed by atoms with van der Waals surface area (Å²) in [5.74, 6) is -3.52. The molecular formula is C12H21O5-. The number of ether oxygens (including phenoxy) is 2. The second-order valence-electron chi connectivity index (χ2n) is 4.41. The van der Waals surface area contributed by atoms with Crippen LogP contribution in [0.1, 0.15) is 47.5 Å². The van der Waals surface area contributed by atoms with Gasteiger partial charge in [0.15, 0.2) is 5.78 Å². The van der Waals surface area contributed by atoms with Crippen molar-refractivity contribution in [2.75, 3.05) is 0 Å². The second kappa shape index (κ2) is 6.71. The predicted molar refractivity (Wildman–Crippen MR) is 60.1 cm³/mol. The molecule has 0 aromatic rings. The molecule has 0 aliphatic rings. The number of aliphatic carboxylic acids is 1. The molecule has 0 aliphatic heterocycles. The summed E-state index contributed by atoms with van der Waals surface area (Å²) in [5.41, 5.74) is 0. The first-order valence-corrected chi connectivity index (χ1v) is 5.82. The molecule has 0 N–H and O–H groups in total. The van der Waals surface area contributed by atoms with Crippen molar-refractivity contribution >= 4 is 11.8 Å². The van der Waals surface area contributed by atoms with E-state index in [-0.39, 0.29) is 18.6 Å². The number of carbonyl (C=O) groups excluding carboxylic acids is 2. The van der Waals surface area contributed by atoms with Crippen LogP contribution in [0.4, 0.5) is 0 Å². The summed E-state index contributed by atoms with van der Waals surface area (Å²) in [6.07, 6.45) is -0.915. The van der Waals surface area contributed by atoms with E-state index in [1.807, 2.05) is 0 Å². The van der Waals surface area contributed by atoms with Gasteiger partial charge in [-0.15, -0.1) is 0 Å². The lowest BCUT2D eigenvalue weighted by atomic mass is 10.0. The lowest BCUT2D eigenvalue weighted by Gasteiger charge is -2.35. The van der Waals surface area contributed by atoms with Gasteiger partial charge < -0.3 is 19.4 Å². The van der Waals surface area contributed by atoms with E-state index in [0.717, 1.165) is 0 Å². The summed E-state index contributed by atoms with van der Waals surface area (Å²) in [7, 11) is 0. The number of carbonyl (C=O) groups is 2. The Labute approximate surface area is 102 Å². The smallest absolute Gasteiger partial charge is 0.229 e. The molecule has 0 unspecified atom stereocenters. The predicted octanol–water partition coefficient (Wildman–Crippen LogP) is 0.652. The zero-order valence-electron chi connectivity index (χ0n) is 11.1. The molecule has 0 saturated heterocycles. The maximum absolute atomic E-state index is 11.9. The number of carboxylic acid groups (broad SMARTS) is 1. The maximum Gasteiger partial charge on any atom is 0.229 e. The van der Waals surface area contributed by atoms with Crippen LogP contribution in [0.3, 0.4) is 0 Å². The molecule has 0 bridgehead atoms. The number of carboxylic acids is 1. The summed E-state index contributed by atoms with van der Waals surface area (Å²) in [6.45, 7) is 8.78. The average molecular weight is 245 g/mol. The van der Waals surface area contributed by atoms with Crippen molar-refractivity contribution < 1.29 is 24.2 Å². The highest BCUT2D eigenvalue weighted by molar-refractivity contribution is 5.98. The molecule has 100 valence electrons. The average Bonchev–Trinajstić information content (AvgIpc) is 2.13. The first-order valence-electron chi connectivity index (χ1n) is 5.82. The molecule has 0 atom stereocenters. The number of ketones is 1. The van der Waals surface area contributed by atoms with Gasteiger partial charge in [0.05, 0.1) is 18.6 Å². The lowest BCUT2D eigenvalue weighted by Crippen LogP contribution is -2.49. The van der Waals surface area contributed by atoms with Crippen LogP contribution in [0, 0.1) is 0 Å². The first kappa shape index (κ1) is 16.1. The number of hydrogen-bond acceptors (Lipinski definition) is 5. The van der Waals surface area contributed by atoms with Crippen LogP contribution in [0.15, 0.2) is 0 Å². The van der Waals surface area contributed by atoms with E-state index in [4.69, 9.17) is 9.47 Å². The SMILES string of the molecule is CCC(OC(C)C)(OC(C)C)C(=O)CC(=O)[O-]. The highest BCUT2D eigenvalue weighted by Gasteiger charge is 2.40.